The number of halogens is 2. The van der Waals surface area contributed by atoms with Gasteiger partial charge < -0.3 is 15.6 Å². The molecule has 2 unspecified atom stereocenters. The summed E-state index contributed by atoms with van der Waals surface area (Å²) in [5.74, 6) is -2.19. The molecule has 2 atom stereocenters. The van der Waals surface area contributed by atoms with Crippen LogP contribution in [0.15, 0.2) is 67.1 Å². The summed E-state index contributed by atoms with van der Waals surface area (Å²) >= 11 is 0. The quantitative estimate of drug-likeness (QED) is 0.351. The normalized spacial score (nSPS) is 20.1. The molecule has 198 valence electrons. The van der Waals surface area contributed by atoms with Gasteiger partial charge in [0.05, 0.1) is 18.3 Å². The van der Waals surface area contributed by atoms with Crippen molar-refractivity contribution in [1.82, 2.24) is 19.5 Å². The third kappa shape index (κ3) is 5.01. The van der Waals surface area contributed by atoms with E-state index >= 15 is 0 Å². The van der Waals surface area contributed by atoms with Crippen LogP contribution in [-0.4, -0.2) is 61.9 Å². The van der Waals surface area contributed by atoms with E-state index in [9.17, 15) is 13.9 Å². The van der Waals surface area contributed by atoms with E-state index in [0.29, 0.717) is 11.2 Å². The Morgan fingerprint density at radius 1 is 1.13 bits per heavy atom. The first-order valence-corrected chi connectivity index (χ1v) is 13.0. The number of alkyl halides is 2. The fraction of sp³-hybridized carbons (Fsp3) is 0.379. The molecule has 1 saturated heterocycles. The second kappa shape index (κ2) is 9.41. The second-order valence-electron chi connectivity index (χ2n) is 10.7. The van der Waals surface area contributed by atoms with Crippen LogP contribution in [0.1, 0.15) is 37.8 Å². The molecule has 1 aliphatic heterocycles. The highest BCUT2D eigenvalue weighted by molar-refractivity contribution is 5.78. The lowest BCUT2D eigenvalue weighted by Gasteiger charge is -2.24. The van der Waals surface area contributed by atoms with Gasteiger partial charge in [0.15, 0.2) is 5.65 Å². The Labute approximate surface area is 219 Å². The van der Waals surface area contributed by atoms with Crippen LogP contribution in [0.3, 0.4) is 0 Å². The Morgan fingerprint density at radius 3 is 2.61 bits per heavy atom. The first kappa shape index (κ1) is 24.9. The van der Waals surface area contributed by atoms with Crippen molar-refractivity contribution in [3.63, 3.8) is 0 Å². The SMILES string of the molecule is CC(F)(F)C(N)c1cccc(-c2cnn3cc(-c4ccc(OC5(CN6CCC(O)C6)CC5)cc4)cnc23)c1. The number of hydrogen-bond donors (Lipinski definition) is 2. The molecule has 3 heterocycles. The van der Waals surface area contributed by atoms with Crippen molar-refractivity contribution in [2.75, 3.05) is 19.6 Å². The summed E-state index contributed by atoms with van der Waals surface area (Å²) in [6.45, 7) is 3.32. The number of β-amino-alcohol motifs (C(OH)–C–C–N with tert-alkyl or cyclic N) is 1. The molecule has 1 aliphatic carbocycles. The van der Waals surface area contributed by atoms with Crippen LogP contribution >= 0.6 is 0 Å². The lowest BCUT2D eigenvalue weighted by atomic mass is 9.98. The molecule has 9 heteroatoms. The predicted octanol–water partition coefficient (Wildman–Crippen LogP) is 4.70. The second-order valence-corrected chi connectivity index (χ2v) is 10.7. The summed E-state index contributed by atoms with van der Waals surface area (Å²) in [4.78, 5) is 6.92. The van der Waals surface area contributed by atoms with Crippen molar-refractivity contribution in [3.8, 4) is 28.0 Å². The molecule has 38 heavy (non-hydrogen) atoms. The Bertz CT molecular complexity index is 1450. The van der Waals surface area contributed by atoms with E-state index in [1.54, 1.807) is 35.1 Å². The first-order chi connectivity index (χ1) is 18.2. The van der Waals surface area contributed by atoms with Crippen molar-refractivity contribution in [1.29, 1.82) is 0 Å². The zero-order valence-electron chi connectivity index (χ0n) is 21.2. The van der Waals surface area contributed by atoms with Gasteiger partial charge in [-0.1, -0.05) is 30.3 Å². The van der Waals surface area contributed by atoms with E-state index in [1.165, 1.54) is 0 Å². The Balaban J connectivity index is 1.18. The number of aliphatic hydroxyl groups excluding tert-OH is 1. The number of aromatic nitrogens is 3. The highest BCUT2D eigenvalue weighted by Gasteiger charge is 2.47. The molecule has 7 nitrogen and oxygen atoms in total. The number of likely N-dealkylation sites (tertiary alicyclic amines) is 1. The number of rotatable bonds is 8. The van der Waals surface area contributed by atoms with Gasteiger partial charge in [-0.15, -0.1) is 0 Å². The van der Waals surface area contributed by atoms with E-state index in [-0.39, 0.29) is 11.7 Å². The van der Waals surface area contributed by atoms with Gasteiger partial charge in [0.2, 0.25) is 0 Å². The van der Waals surface area contributed by atoms with E-state index in [4.69, 9.17) is 10.5 Å². The summed E-state index contributed by atoms with van der Waals surface area (Å²) in [5.41, 5.74) is 9.97. The number of fused-ring (bicyclic) bond motifs is 1. The van der Waals surface area contributed by atoms with Crippen molar-refractivity contribution in [3.05, 3.63) is 72.7 Å². The number of nitrogens with zero attached hydrogens (tertiary/aromatic N) is 4. The van der Waals surface area contributed by atoms with Gasteiger partial charge in [-0.2, -0.15) is 5.10 Å². The van der Waals surface area contributed by atoms with E-state index < -0.39 is 12.0 Å². The minimum absolute atomic E-state index is 0.147. The molecular formula is C29H31F2N5O2. The third-order valence-corrected chi connectivity index (χ3v) is 7.55. The van der Waals surface area contributed by atoms with Crippen LogP contribution in [0.2, 0.25) is 0 Å². The zero-order chi connectivity index (χ0) is 26.5. The molecule has 2 fully saturated rings. The maximum atomic E-state index is 13.8. The summed E-state index contributed by atoms with van der Waals surface area (Å²) < 4.78 is 35.6. The maximum absolute atomic E-state index is 13.8. The molecular weight excluding hydrogens is 488 g/mol. The molecule has 6 rings (SSSR count). The van der Waals surface area contributed by atoms with Crippen LogP contribution < -0.4 is 10.5 Å². The van der Waals surface area contributed by atoms with Crippen LogP contribution in [0.4, 0.5) is 8.78 Å². The number of nitrogens with two attached hydrogens (primary N) is 1. The third-order valence-electron chi connectivity index (χ3n) is 7.55. The van der Waals surface area contributed by atoms with Gasteiger partial charge in [0.1, 0.15) is 11.4 Å². The zero-order valence-corrected chi connectivity index (χ0v) is 21.2. The smallest absolute Gasteiger partial charge is 0.264 e. The van der Waals surface area contributed by atoms with Gasteiger partial charge in [-0.05, 0) is 54.2 Å². The molecule has 2 aliphatic rings. The molecule has 0 amide bonds. The number of hydrogen-bond acceptors (Lipinski definition) is 6. The summed E-state index contributed by atoms with van der Waals surface area (Å²) in [7, 11) is 0. The van der Waals surface area contributed by atoms with Crippen molar-refractivity contribution < 1.29 is 18.6 Å². The summed E-state index contributed by atoms with van der Waals surface area (Å²) in [5, 5.41) is 14.3. The largest absolute Gasteiger partial charge is 0.486 e. The predicted molar refractivity (Wildman–Crippen MR) is 141 cm³/mol. The molecule has 2 aromatic carbocycles. The van der Waals surface area contributed by atoms with Crippen LogP contribution in [-0.2, 0) is 0 Å². The lowest BCUT2D eigenvalue weighted by molar-refractivity contribution is -0.00617. The van der Waals surface area contributed by atoms with E-state index in [1.807, 2.05) is 36.5 Å². The number of ether oxygens (including phenoxy) is 1. The summed E-state index contributed by atoms with van der Waals surface area (Å²) in [6, 6.07) is 13.4. The molecule has 0 spiro atoms. The van der Waals surface area contributed by atoms with Crippen LogP contribution in [0.25, 0.3) is 27.9 Å². The molecule has 3 N–H and O–H groups in total. The van der Waals surface area contributed by atoms with Crippen LogP contribution in [0.5, 0.6) is 5.75 Å². The lowest BCUT2D eigenvalue weighted by Crippen LogP contribution is -2.36. The molecule has 1 saturated carbocycles. The van der Waals surface area contributed by atoms with Gasteiger partial charge in [-0.3, -0.25) is 4.90 Å². The van der Waals surface area contributed by atoms with Gasteiger partial charge in [0, 0.05) is 50.1 Å². The minimum Gasteiger partial charge on any atom is -0.486 e. The van der Waals surface area contributed by atoms with E-state index in [2.05, 4.69) is 15.0 Å². The summed E-state index contributed by atoms with van der Waals surface area (Å²) in [6.07, 6.45) is 8.04. The van der Waals surface area contributed by atoms with Crippen molar-refractivity contribution >= 4 is 5.65 Å². The Kier molecular flexibility index (Phi) is 6.17. The fourth-order valence-electron chi connectivity index (χ4n) is 5.18. The average molecular weight is 520 g/mol. The van der Waals surface area contributed by atoms with Crippen molar-refractivity contribution in [2.45, 2.75) is 49.9 Å². The topological polar surface area (TPSA) is 88.9 Å². The molecule has 0 bridgehead atoms. The monoisotopic (exact) mass is 519 g/mol. The average Bonchev–Trinajstić information content (AvgIpc) is 3.31. The van der Waals surface area contributed by atoms with Gasteiger partial charge >= 0.3 is 0 Å². The number of benzene rings is 2. The standard InChI is InChI=1S/C29H31F2N5O2/c1-28(30,31)26(32)21-4-2-3-20(13-21)25-15-34-36-16-22(14-33-27(25)36)19-5-7-24(8-6-19)38-29(10-11-29)18-35-12-9-23(37)17-35/h2-8,13-16,23,26,37H,9-12,17-18,32H2,1H3. The van der Waals surface area contributed by atoms with Gasteiger partial charge in [-0.25, -0.2) is 18.3 Å². The number of aliphatic hydroxyl groups is 1. The molecule has 0 radical (unpaired) electrons. The Morgan fingerprint density at radius 2 is 1.92 bits per heavy atom. The highest BCUT2D eigenvalue weighted by Crippen LogP contribution is 2.42. The Hall–Kier alpha value is -3.40. The highest BCUT2D eigenvalue weighted by atomic mass is 19.3. The maximum Gasteiger partial charge on any atom is 0.264 e. The first-order valence-electron chi connectivity index (χ1n) is 13.0. The fourth-order valence-corrected chi connectivity index (χ4v) is 5.18. The molecule has 2 aromatic heterocycles. The minimum atomic E-state index is -3.02. The van der Waals surface area contributed by atoms with Crippen molar-refractivity contribution in [2.24, 2.45) is 5.73 Å². The van der Waals surface area contributed by atoms with Crippen LogP contribution in [0, 0.1) is 0 Å². The molecule has 4 aromatic rings. The van der Waals surface area contributed by atoms with Gasteiger partial charge in [0.25, 0.3) is 5.92 Å². The van der Waals surface area contributed by atoms with E-state index in [0.717, 1.165) is 73.8 Å².